The molecule has 0 aliphatic rings. The van der Waals surface area contributed by atoms with Crippen molar-refractivity contribution in [1.82, 2.24) is 0 Å². The van der Waals surface area contributed by atoms with E-state index in [0.717, 1.165) is 0 Å². The van der Waals surface area contributed by atoms with Crippen LogP contribution in [0.1, 0.15) is 5.56 Å². The average molecular weight is 235 g/mol. The van der Waals surface area contributed by atoms with Crippen LogP contribution in [0.3, 0.4) is 0 Å². The molecule has 0 atom stereocenters. The van der Waals surface area contributed by atoms with E-state index in [1.54, 1.807) is 12.1 Å². The van der Waals surface area contributed by atoms with E-state index in [9.17, 15) is 4.39 Å². The SMILES string of the molecule is C=C(Cl)c1ccc(Br)cc1F. The minimum Gasteiger partial charge on any atom is -0.206 e. The lowest BCUT2D eigenvalue weighted by Gasteiger charge is -1.99. The molecule has 0 amide bonds. The second-order valence-electron chi connectivity index (χ2n) is 2.03. The smallest absolute Gasteiger partial charge is 0.133 e. The lowest BCUT2D eigenvalue weighted by Crippen LogP contribution is -1.83. The lowest BCUT2D eigenvalue weighted by molar-refractivity contribution is 0.624. The summed E-state index contributed by atoms with van der Waals surface area (Å²) in [4.78, 5) is 0. The summed E-state index contributed by atoms with van der Waals surface area (Å²) in [6.45, 7) is 3.43. The van der Waals surface area contributed by atoms with E-state index in [4.69, 9.17) is 11.6 Å². The van der Waals surface area contributed by atoms with Crippen LogP contribution >= 0.6 is 27.5 Å². The zero-order valence-electron chi connectivity index (χ0n) is 5.57. The Bertz CT molecular complexity index is 296. The molecule has 0 spiro atoms. The van der Waals surface area contributed by atoms with Crippen LogP contribution in [0.25, 0.3) is 5.03 Å². The fourth-order valence-corrected chi connectivity index (χ4v) is 1.20. The van der Waals surface area contributed by atoms with Crippen molar-refractivity contribution in [2.75, 3.05) is 0 Å². The fourth-order valence-electron chi connectivity index (χ4n) is 0.709. The zero-order valence-corrected chi connectivity index (χ0v) is 7.91. The highest BCUT2D eigenvalue weighted by Crippen LogP contribution is 2.22. The van der Waals surface area contributed by atoms with Crippen molar-refractivity contribution in [2.45, 2.75) is 0 Å². The van der Waals surface area contributed by atoms with Gasteiger partial charge in [-0.25, -0.2) is 4.39 Å². The molecule has 0 saturated heterocycles. The summed E-state index contributed by atoms with van der Waals surface area (Å²) in [5, 5.41) is 0.218. The van der Waals surface area contributed by atoms with Crippen LogP contribution in [0.15, 0.2) is 29.3 Å². The zero-order chi connectivity index (χ0) is 8.43. The molecule has 0 unspecified atom stereocenters. The van der Waals surface area contributed by atoms with Crippen LogP contribution in [-0.2, 0) is 0 Å². The van der Waals surface area contributed by atoms with Crippen LogP contribution in [0, 0.1) is 5.82 Å². The summed E-state index contributed by atoms with van der Waals surface area (Å²) in [5.41, 5.74) is 0.342. The molecular weight excluding hydrogens is 230 g/mol. The van der Waals surface area contributed by atoms with E-state index in [0.29, 0.717) is 10.0 Å². The van der Waals surface area contributed by atoms with E-state index >= 15 is 0 Å². The van der Waals surface area contributed by atoms with Crippen molar-refractivity contribution >= 4 is 32.6 Å². The molecule has 1 rings (SSSR count). The molecule has 1 aromatic carbocycles. The van der Waals surface area contributed by atoms with Crippen molar-refractivity contribution < 1.29 is 4.39 Å². The highest BCUT2D eigenvalue weighted by molar-refractivity contribution is 9.10. The van der Waals surface area contributed by atoms with Gasteiger partial charge in [-0.2, -0.15) is 0 Å². The number of hydrogen-bond acceptors (Lipinski definition) is 0. The molecule has 0 saturated carbocycles. The molecule has 0 aliphatic heterocycles. The fraction of sp³-hybridized carbons (Fsp3) is 0. The van der Waals surface area contributed by atoms with Gasteiger partial charge in [0.15, 0.2) is 0 Å². The first-order chi connectivity index (χ1) is 5.11. The maximum Gasteiger partial charge on any atom is 0.133 e. The molecule has 0 aliphatic carbocycles. The van der Waals surface area contributed by atoms with Gasteiger partial charge in [-0.1, -0.05) is 34.1 Å². The number of hydrogen-bond donors (Lipinski definition) is 0. The molecule has 0 fully saturated rings. The van der Waals surface area contributed by atoms with Gasteiger partial charge in [0.2, 0.25) is 0 Å². The third-order valence-corrected chi connectivity index (χ3v) is 1.92. The van der Waals surface area contributed by atoms with Crippen LogP contribution in [0.4, 0.5) is 4.39 Å². The molecule has 1 aromatic rings. The third-order valence-electron chi connectivity index (χ3n) is 1.22. The number of rotatable bonds is 1. The summed E-state index contributed by atoms with van der Waals surface area (Å²) in [6, 6.07) is 4.64. The van der Waals surface area contributed by atoms with Crippen LogP contribution < -0.4 is 0 Å². The van der Waals surface area contributed by atoms with Crippen molar-refractivity contribution in [2.24, 2.45) is 0 Å². The van der Waals surface area contributed by atoms with Crippen LogP contribution in [-0.4, -0.2) is 0 Å². The first-order valence-corrected chi connectivity index (χ1v) is 4.08. The second-order valence-corrected chi connectivity index (χ2v) is 3.40. The summed E-state index contributed by atoms with van der Waals surface area (Å²) in [7, 11) is 0. The molecular formula is C8H5BrClF. The standard InChI is InChI=1S/C8H5BrClF/c1-5(10)7-3-2-6(9)4-8(7)11/h2-4H,1H2. The van der Waals surface area contributed by atoms with Gasteiger partial charge in [-0.05, 0) is 18.2 Å². The van der Waals surface area contributed by atoms with Crippen LogP contribution in [0.2, 0.25) is 0 Å². The molecule has 0 aromatic heterocycles. The first kappa shape index (κ1) is 8.75. The van der Waals surface area contributed by atoms with Gasteiger partial charge < -0.3 is 0 Å². The highest BCUT2D eigenvalue weighted by atomic mass is 79.9. The lowest BCUT2D eigenvalue weighted by atomic mass is 10.2. The Hall–Kier alpha value is -0.340. The van der Waals surface area contributed by atoms with Gasteiger partial charge in [0.05, 0.1) is 0 Å². The Labute approximate surface area is 77.8 Å². The molecule has 0 N–H and O–H groups in total. The van der Waals surface area contributed by atoms with Crippen LogP contribution in [0.5, 0.6) is 0 Å². The molecule has 11 heavy (non-hydrogen) atoms. The molecule has 0 heterocycles. The topological polar surface area (TPSA) is 0 Å². The Morgan fingerprint density at radius 3 is 2.64 bits per heavy atom. The normalized spacial score (nSPS) is 9.73. The maximum atomic E-state index is 12.9. The van der Waals surface area contributed by atoms with Gasteiger partial charge in [-0.3, -0.25) is 0 Å². The molecule has 0 radical (unpaired) electrons. The molecule has 58 valence electrons. The quantitative estimate of drug-likeness (QED) is 0.694. The Morgan fingerprint density at radius 1 is 1.55 bits per heavy atom. The summed E-state index contributed by atoms with van der Waals surface area (Å²) < 4.78 is 13.6. The van der Waals surface area contributed by atoms with E-state index in [-0.39, 0.29) is 10.8 Å². The summed E-state index contributed by atoms with van der Waals surface area (Å²) in [5.74, 6) is -0.362. The largest absolute Gasteiger partial charge is 0.206 e. The summed E-state index contributed by atoms with van der Waals surface area (Å²) >= 11 is 8.64. The Morgan fingerprint density at radius 2 is 2.18 bits per heavy atom. The van der Waals surface area contributed by atoms with E-state index in [2.05, 4.69) is 22.5 Å². The van der Waals surface area contributed by atoms with Crippen molar-refractivity contribution in [1.29, 1.82) is 0 Å². The van der Waals surface area contributed by atoms with Gasteiger partial charge in [0.25, 0.3) is 0 Å². The Balaban J connectivity index is 3.20. The number of benzene rings is 1. The van der Waals surface area contributed by atoms with Gasteiger partial charge >= 0.3 is 0 Å². The van der Waals surface area contributed by atoms with Crippen molar-refractivity contribution in [3.63, 3.8) is 0 Å². The van der Waals surface area contributed by atoms with E-state index in [1.807, 2.05) is 0 Å². The molecule has 0 nitrogen and oxygen atoms in total. The van der Waals surface area contributed by atoms with E-state index < -0.39 is 0 Å². The average Bonchev–Trinajstić information content (AvgIpc) is 1.85. The summed E-state index contributed by atoms with van der Waals surface area (Å²) in [6.07, 6.45) is 0. The second kappa shape index (κ2) is 3.37. The van der Waals surface area contributed by atoms with Crippen molar-refractivity contribution in [3.05, 3.63) is 40.6 Å². The van der Waals surface area contributed by atoms with Gasteiger partial charge in [0.1, 0.15) is 5.82 Å². The highest BCUT2D eigenvalue weighted by Gasteiger charge is 2.03. The maximum absolute atomic E-state index is 12.9. The van der Waals surface area contributed by atoms with E-state index in [1.165, 1.54) is 6.07 Å². The molecule has 0 bridgehead atoms. The molecule has 3 heteroatoms. The minimum atomic E-state index is -0.362. The number of halogens is 3. The predicted molar refractivity (Wildman–Crippen MR) is 49.0 cm³/mol. The minimum absolute atomic E-state index is 0.218. The predicted octanol–water partition coefficient (Wildman–Crippen LogP) is 3.80. The monoisotopic (exact) mass is 234 g/mol. The Kier molecular flexibility index (Phi) is 2.68. The van der Waals surface area contributed by atoms with Gasteiger partial charge in [0, 0.05) is 15.1 Å². The van der Waals surface area contributed by atoms with Crippen molar-refractivity contribution in [3.8, 4) is 0 Å². The third kappa shape index (κ3) is 2.04. The van der Waals surface area contributed by atoms with Gasteiger partial charge in [-0.15, -0.1) is 0 Å². The first-order valence-electron chi connectivity index (χ1n) is 2.91.